The lowest BCUT2D eigenvalue weighted by molar-refractivity contribution is 0.0771. The molecule has 168 valence electrons. The van der Waals surface area contributed by atoms with Crippen molar-refractivity contribution >= 4 is 21.8 Å². The number of halogens is 2. The predicted octanol–water partition coefficient (Wildman–Crippen LogP) is 5.42. The zero-order chi connectivity index (χ0) is 23.3. The number of benzene rings is 2. The number of ether oxygens (including phenoxy) is 1. The van der Waals surface area contributed by atoms with E-state index >= 15 is 0 Å². The van der Waals surface area contributed by atoms with Gasteiger partial charge in [-0.05, 0) is 60.9 Å². The van der Waals surface area contributed by atoms with Crippen LogP contribution in [0.2, 0.25) is 0 Å². The Kier molecular flexibility index (Phi) is 7.99. The number of methoxy groups -OCH3 is 1. The van der Waals surface area contributed by atoms with Gasteiger partial charge in [0.1, 0.15) is 5.82 Å². The van der Waals surface area contributed by atoms with Gasteiger partial charge in [0.05, 0.1) is 13.2 Å². The van der Waals surface area contributed by atoms with Gasteiger partial charge >= 0.3 is 0 Å². The average Bonchev–Trinajstić information content (AvgIpc) is 2.79. The van der Waals surface area contributed by atoms with Crippen molar-refractivity contribution in [1.29, 1.82) is 0 Å². The molecule has 0 fully saturated rings. The number of amides is 1. The third-order valence-corrected chi connectivity index (χ3v) is 5.89. The maximum Gasteiger partial charge on any atom is 0.254 e. The van der Waals surface area contributed by atoms with Crippen LogP contribution in [0.15, 0.2) is 59.2 Å². The van der Waals surface area contributed by atoms with Crippen LogP contribution in [0.25, 0.3) is 11.1 Å². The predicted molar refractivity (Wildman–Crippen MR) is 126 cm³/mol. The van der Waals surface area contributed by atoms with Gasteiger partial charge in [-0.3, -0.25) is 4.79 Å². The highest BCUT2D eigenvalue weighted by atomic mass is 79.9. The van der Waals surface area contributed by atoms with E-state index in [4.69, 9.17) is 4.74 Å². The largest absolute Gasteiger partial charge is 0.481 e. The van der Waals surface area contributed by atoms with Crippen molar-refractivity contribution in [3.8, 4) is 17.0 Å². The lowest BCUT2D eigenvalue weighted by atomic mass is 9.95. The fourth-order valence-electron chi connectivity index (χ4n) is 3.62. The summed E-state index contributed by atoms with van der Waals surface area (Å²) in [7, 11) is 1.52. The van der Waals surface area contributed by atoms with Crippen molar-refractivity contribution in [3.05, 3.63) is 81.7 Å². The van der Waals surface area contributed by atoms with E-state index in [2.05, 4.69) is 20.9 Å². The van der Waals surface area contributed by atoms with Crippen LogP contribution in [-0.4, -0.2) is 41.1 Å². The molecule has 7 heteroatoms. The van der Waals surface area contributed by atoms with Gasteiger partial charge in [0.15, 0.2) is 0 Å². The summed E-state index contributed by atoms with van der Waals surface area (Å²) < 4.78 is 20.9. The molecule has 1 amide bonds. The molecule has 3 rings (SSSR count). The Morgan fingerprint density at radius 3 is 2.50 bits per heavy atom. The topological polar surface area (TPSA) is 62.7 Å². The van der Waals surface area contributed by atoms with E-state index in [0.29, 0.717) is 35.7 Å². The average molecular weight is 501 g/mol. The Morgan fingerprint density at radius 2 is 1.84 bits per heavy atom. The van der Waals surface area contributed by atoms with E-state index in [0.717, 1.165) is 10.0 Å². The molecule has 0 bridgehead atoms. The van der Waals surface area contributed by atoms with Crippen molar-refractivity contribution in [2.24, 2.45) is 0 Å². The summed E-state index contributed by atoms with van der Waals surface area (Å²) in [4.78, 5) is 18.7. The molecule has 1 heterocycles. The Balaban J connectivity index is 1.88. The summed E-state index contributed by atoms with van der Waals surface area (Å²) >= 11 is 3.43. The van der Waals surface area contributed by atoms with Crippen LogP contribution in [0, 0.1) is 5.82 Å². The van der Waals surface area contributed by atoms with E-state index < -0.39 is 11.9 Å². The molecule has 1 unspecified atom stereocenters. The van der Waals surface area contributed by atoms with Crippen LogP contribution >= 0.6 is 15.9 Å². The minimum Gasteiger partial charge on any atom is -0.481 e. The minimum atomic E-state index is -1.10. The molecule has 0 saturated heterocycles. The zero-order valence-corrected chi connectivity index (χ0v) is 19.9. The molecule has 32 heavy (non-hydrogen) atoms. The van der Waals surface area contributed by atoms with Gasteiger partial charge in [-0.1, -0.05) is 28.1 Å². The minimum absolute atomic E-state index is 0.104. The second-order valence-corrected chi connectivity index (χ2v) is 8.24. The first kappa shape index (κ1) is 23.9. The van der Waals surface area contributed by atoms with E-state index in [1.807, 2.05) is 13.8 Å². The van der Waals surface area contributed by atoms with Crippen molar-refractivity contribution in [2.45, 2.75) is 26.4 Å². The number of aromatic nitrogens is 1. The molecule has 2 aromatic carbocycles. The normalized spacial score (nSPS) is 11.8. The lowest BCUT2D eigenvalue weighted by Gasteiger charge is -2.22. The molecule has 0 radical (unpaired) electrons. The summed E-state index contributed by atoms with van der Waals surface area (Å²) in [6, 6.07) is 13.5. The summed E-state index contributed by atoms with van der Waals surface area (Å²) in [6.07, 6.45) is 0.603. The Morgan fingerprint density at radius 1 is 1.12 bits per heavy atom. The number of pyridine rings is 1. The quantitative estimate of drug-likeness (QED) is 0.448. The molecule has 1 atom stereocenters. The smallest absolute Gasteiger partial charge is 0.254 e. The number of aliphatic hydroxyl groups is 1. The number of nitrogens with zero attached hydrogens (tertiary/aromatic N) is 2. The third kappa shape index (κ3) is 5.34. The number of aliphatic hydroxyl groups excluding tert-OH is 1. The van der Waals surface area contributed by atoms with Gasteiger partial charge in [-0.15, -0.1) is 0 Å². The van der Waals surface area contributed by atoms with Crippen LogP contribution < -0.4 is 4.74 Å². The van der Waals surface area contributed by atoms with Gasteiger partial charge in [0, 0.05) is 47.4 Å². The van der Waals surface area contributed by atoms with Crippen LogP contribution in [0.3, 0.4) is 0 Å². The summed E-state index contributed by atoms with van der Waals surface area (Å²) in [5, 5.41) is 10.8. The molecule has 0 aliphatic rings. The summed E-state index contributed by atoms with van der Waals surface area (Å²) in [5.41, 5.74) is 2.76. The van der Waals surface area contributed by atoms with E-state index in [1.165, 1.54) is 13.2 Å². The molecule has 0 aliphatic heterocycles. The second kappa shape index (κ2) is 10.7. The Hall–Kier alpha value is -2.77. The molecular formula is C25H26BrFN2O3. The van der Waals surface area contributed by atoms with Crippen LogP contribution in [0.4, 0.5) is 4.39 Å². The van der Waals surface area contributed by atoms with E-state index in [-0.39, 0.29) is 17.9 Å². The maximum atomic E-state index is 15.0. The fourth-order valence-corrected chi connectivity index (χ4v) is 4.03. The number of carbonyl (C=O) groups is 1. The van der Waals surface area contributed by atoms with Crippen LogP contribution in [0.1, 0.15) is 41.4 Å². The Labute approximate surface area is 196 Å². The maximum absolute atomic E-state index is 15.0. The van der Waals surface area contributed by atoms with Gasteiger partial charge in [0.2, 0.25) is 5.88 Å². The third-order valence-electron chi connectivity index (χ3n) is 5.40. The van der Waals surface area contributed by atoms with Crippen LogP contribution in [-0.2, 0) is 6.42 Å². The summed E-state index contributed by atoms with van der Waals surface area (Å²) in [5.74, 6) is -0.184. The SMILES string of the molecule is CCN(CC)C(=O)c1ccc(Br)cc1CC(O)c1ccc(-c2ccnc(OC)c2)cc1F. The number of carbonyl (C=O) groups excluding carboxylic acids is 1. The highest BCUT2D eigenvalue weighted by Gasteiger charge is 2.21. The monoisotopic (exact) mass is 500 g/mol. The first-order chi connectivity index (χ1) is 15.4. The summed E-state index contributed by atoms with van der Waals surface area (Å²) in [6.45, 7) is 5.01. The molecule has 0 aliphatic carbocycles. The van der Waals surface area contributed by atoms with E-state index in [9.17, 15) is 14.3 Å². The molecule has 0 saturated carbocycles. The highest BCUT2D eigenvalue weighted by Crippen LogP contribution is 2.29. The first-order valence-corrected chi connectivity index (χ1v) is 11.2. The molecule has 1 aromatic heterocycles. The van der Waals surface area contributed by atoms with Gasteiger partial charge in [0.25, 0.3) is 5.91 Å². The zero-order valence-electron chi connectivity index (χ0n) is 18.3. The lowest BCUT2D eigenvalue weighted by Crippen LogP contribution is -2.31. The molecule has 1 N–H and O–H groups in total. The van der Waals surface area contributed by atoms with Gasteiger partial charge < -0.3 is 14.7 Å². The number of hydrogen-bond donors (Lipinski definition) is 1. The molecule has 5 nitrogen and oxygen atoms in total. The molecular weight excluding hydrogens is 475 g/mol. The fraction of sp³-hybridized carbons (Fsp3) is 0.280. The van der Waals surface area contributed by atoms with E-state index in [1.54, 1.807) is 53.6 Å². The Bertz CT molecular complexity index is 1100. The van der Waals surface area contributed by atoms with Crippen molar-refractivity contribution in [1.82, 2.24) is 9.88 Å². The number of rotatable bonds is 8. The molecule has 0 spiro atoms. The first-order valence-electron chi connectivity index (χ1n) is 10.4. The van der Waals surface area contributed by atoms with Crippen molar-refractivity contribution < 1.29 is 19.0 Å². The second-order valence-electron chi connectivity index (χ2n) is 7.32. The standard InChI is InChI=1S/C25H26BrFN2O3/c1-4-29(5-2)25(31)20-9-7-19(26)12-18(20)14-23(30)21-8-6-16(13-22(21)27)17-10-11-28-24(15-17)32-3/h6-13,15,23,30H,4-5,14H2,1-3H3. The van der Waals surface area contributed by atoms with Crippen LogP contribution in [0.5, 0.6) is 5.88 Å². The van der Waals surface area contributed by atoms with Gasteiger partial charge in [-0.2, -0.15) is 0 Å². The van der Waals surface area contributed by atoms with Gasteiger partial charge in [-0.25, -0.2) is 9.37 Å². The molecule has 3 aromatic rings. The number of hydrogen-bond acceptors (Lipinski definition) is 4. The van der Waals surface area contributed by atoms with Crippen molar-refractivity contribution in [2.75, 3.05) is 20.2 Å². The van der Waals surface area contributed by atoms with Crippen molar-refractivity contribution in [3.63, 3.8) is 0 Å². The highest BCUT2D eigenvalue weighted by molar-refractivity contribution is 9.10.